The van der Waals surface area contributed by atoms with Crippen LogP contribution in [0.25, 0.3) is 11.3 Å². The summed E-state index contributed by atoms with van der Waals surface area (Å²) in [6.07, 6.45) is 13.6. The Bertz CT molecular complexity index is 1310. The second-order valence-electron chi connectivity index (χ2n) is 7.05. The minimum Gasteiger partial charge on any atom is -0.465 e. The Morgan fingerprint density at radius 2 is 2.09 bits per heavy atom. The summed E-state index contributed by atoms with van der Waals surface area (Å²) in [6, 6.07) is 8.24. The van der Waals surface area contributed by atoms with E-state index in [2.05, 4.69) is 22.2 Å². The molecular weight excluding hydrogens is 426 g/mol. The maximum absolute atomic E-state index is 13.4. The van der Waals surface area contributed by atoms with Crippen molar-refractivity contribution >= 4 is 38.9 Å². The number of sulfone groups is 1. The Balaban J connectivity index is 1.73. The van der Waals surface area contributed by atoms with E-state index < -0.39 is 15.7 Å². The van der Waals surface area contributed by atoms with Gasteiger partial charge < -0.3 is 15.1 Å². The SMILES string of the molecule is C=CC(=O)Nc1ccc(S(=O)(=O)C2=CC=C(c3ccco3)CC2)cc1C1=CN=CC=CN1. The van der Waals surface area contributed by atoms with E-state index in [9.17, 15) is 13.2 Å². The molecule has 4 rings (SSSR count). The first-order valence-electron chi connectivity index (χ1n) is 9.90. The van der Waals surface area contributed by atoms with Crippen LogP contribution in [-0.2, 0) is 14.6 Å². The third-order valence-electron chi connectivity index (χ3n) is 5.04. The Hall–Kier alpha value is -3.91. The number of nitrogens with zero attached hydrogens (tertiary/aromatic N) is 1. The number of allylic oxidation sites excluding steroid dienone is 5. The second kappa shape index (κ2) is 9.07. The molecule has 2 heterocycles. The number of hydrogen-bond acceptors (Lipinski definition) is 6. The highest BCUT2D eigenvalue weighted by Crippen LogP contribution is 2.34. The van der Waals surface area contributed by atoms with Gasteiger partial charge in [-0.2, -0.15) is 0 Å². The molecule has 7 nitrogen and oxygen atoms in total. The number of benzene rings is 1. The van der Waals surface area contributed by atoms with E-state index in [1.54, 1.807) is 55.2 Å². The monoisotopic (exact) mass is 447 g/mol. The van der Waals surface area contributed by atoms with E-state index in [0.717, 1.165) is 17.4 Å². The Morgan fingerprint density at radius 3 is 2.81 bits per heavy atom. The van der Waals surface area contributed by atoms with Gasteiger partial charge in [0.05, 0.1) is 28.7 Å². The van der Waals surface area contributed by atoms with Gasteiger partial charge in [-0.3, -0.25) is 9.79 Å². The third kappa shape index (κ3) is 4.40. The van der Waals surface area contributed by atoms with Gasteiger partial charge in [-0.05, 0) is 67.0 Å². The number of aliphatic imine (C=N–C) groups is 1. The van der Waals surface area contributed by atoms with Crippen LogP contribution in [0.15, 0.2) is 99.1 Å². The van der Waals surface area contributed by atoms with Crippen molar-refractivity contribution in [1.29, 1.82) is 0 Å². The topological polar surface area (TPSA) is 101 Å². The lowest BCUT2D eigenvalue weighted by Gasteiger charge is -2.17. The molecule has 0 bridgehead atoms. The van der Waals surface area contributed by atoms with Gasteiger partial charge in [-0.25, -0.2) is 8.42 Å². The van der Waals surface area contributed by atoms with E-state index in [4.69, 9.17) is 4.42 Å². The molecule has 32 heavy (non-hydrogen) atoms. The van der Waals surface area contributed by atoms with E-state index in [0.29, 0.717) is 34.7 Å². The highest BCUT2D eigenvalue weighted by atomic mass is 32.2. The van der Waals surface area contributed by atoms with Crippen LogP contribution in [0.2, 0.25) is 0 Å². The molecule has 2 aromatic rings. The molecule has 2 aliphatic rings. The predicted octanol–water partition coefficient (Wildman–Crippen LogP) is 4.43. The quantitative estimate of drug-likeness (QED) is 0.638. The van der Waals surface area contributed by atoms with Crippen molar-refractivity contribution < 1.29 is 17.6 Å². The summed E-state index contributed by atoms with van der Waals surface area (Å²) in [5.74, 6) is 0.336. The Morgan fingerprint density at radius 1 is 1.22 bits per heavy atom. The second-order valence-corrected chi connectivity index (χ2v) is 9.05. The lowest BCUT2D eigenvalue weighted by atomic mass is 10.0. The molecule has 1 aliphatic carbocycles. The van der Waals surface area contributed by atoms with Gasteiger partial charge in [0.2, 0.25) is 15.7 Å². The first kappa shape index (κ1) is 21.3. The van der Waals surface area contributed by atoms with Crippen molar-refractivity contribution in [2.24, 2.45) is 4.99 Å². The highest BCUT2D eigenvalue weighted by Gasteiger charge is 2.25. The molecule has 8 heteroatoms. The van der Waals surface area contributed by atoms with Gasteiger partial charge in [-0.1, -0.05) is 12.7 Å². The van der Waals surface area contributed by atoms with E-state index in [1.807, 2.05) is 6.07 Å². The number of nitrogens with one attached hydrogen (secondary N) is 2. The molecule has 0 atom stereocenters. The number of rotatable bonds is 6. The minimum atomic E-state index is -3.73. The zero-order valence-electron chi connectivity index (χ0n) is 17.1. The van der Waals surface area contributed by atoms with E-state index in [-0.39, 0.29) is 4.90 Å². The number of anilines is 1. The molecule has 0 radical (unpaired) electrons. The van der Waals surface area contributed by atoms with Crippen molar-refractivity contribution in [3.8, 4) is 0 Å². The minimum absolute atomic E-state index is 0.130. The Labute approximate surface area is 186 Å². The van der Waals surface area contributed by atoms with Gasteiger partial charge in [-0.15, -0.1) is 0 Å². The molecule has 0 spiro atoms. The predicted molar refractivity (Wildman–Crippen MR) is 125 cm³/mol. The molecule has 2 N–H and O–H groups in total. The van der Waals surface area contributed by atoms with Crippen molar-refractivity contribution in [1.82, 2.24) is 5.32 Å². The van der Waals surface area contributed by atoms with Crippen molar-refractivity contribution in [3.63, 3.8) is 0 Å². The van der Waals surface area contributed by atoms with E-state index >= 15 is 0 Å². The summed E-state index contributed by atoms with van der Waals surface area (Å²) in [5.41, 5.74) is 2.43. The van der Waals surface area contributed by atoms with Gasteiger partial charge >= 0.3 is 0 Å². The normalized spacial score (nSPS) is 15.7. The molecule has 0 unspecified atom stereocenters. The van der Waals surface area contributed by atoms with Crippen molar-refractivity contribution in [2.45, 2.75) is 17.7 Å². The molecule has 1 aromatic carbocycles. The summed E-state index contributed by atoms with van der Waals surface area (Å²) < 4.78 is 32.1. The number of hydrogen-bond donors (Lipinski definition) is 2. The maximum atomic E-state index is 13.4. The molecular formula is C24H21N3O4S. The molecule has 0 saturated carbocycles. The largest absolute Gasteiger partial charge is 0.465 e. The average Bonchev–Trinajstić information content (AvgIpc) is 3.22. The van der Waals surface area contributed by atoms with Gasteiger partial charge in [0.25, 0.3) is 0 Å². The zero-order valence-corrected chi connectivity index (χ0v) is 17.9. The number of furan rings is 1. The van der Waals surface area contributed by atoms with Crippen molar-refractivity contribution in [3.05, 3.63) is 96.1 Å². The molecule has 1 aliphatic heterocycles. The standard InChI is InChI=1S/C24H21N3O4S/c1-2-24(28)27-21-11-10-19(15-20(21)22-16-25-12-4-13-26-22)32(29,30)18-8-6-17(7-9-18)23-5-3-14-31-23/h2-6,8,10-16,26H,1,7,9H2,(H,27,28). The molecule has 1 aromatic heterocycles. The van der Waals surface area contributed by atoms with Crippen molar-refractivity contribution in [2.75, 3.05) is 5.32 Å². The average molecular weight is 448 g/mol. The van der Waals surface area contributed by atoms with Crippen LogP contribution >= 0.6 is 0 Å². The summed E-state index contributed by atoms with van der Waals surface area (Å²) in [6.45, 7) is 3.46. The van der Waals surface area contributed by atoms with Crippen LogP contribution in [0.5, 0.6) is 0 Å². The van der Waals surface area contributed by atoms with Gasteiger partial charge in [0.15, 0.2) is 0 Å². The lowest BCUT2D eigenvalue weighted by molar-refractivity contribution is -0.111. The Kier molecular flexibility index (Phi) is 6.04. The fraction of sp³-hybridized carbons (Fsp3) is 0.0833. The number of carbonyl (C=O) groups is 1. The van der Waals surface area contributed by atoms with Crippen LogP contribution in [0.3, 0.4) is 0 Å². The van der Waals surface area contributed by atoms with E-state index in [1.165, 1.54) is 12.1 Å². The van der Waals surface area contributed by atoms with Crippen LogP contribution in [0.1, 0.15) is 24.2 Å². The van der Waals surface area contributed by atoms with Gasteiger partial charge in [0.1, 0.15) is 5.76 Å². The van der Waals surface area contributed by atoms with Crippen LogP contribution in [0.4, 0.5) is 5.69 Å². The molecule has 0 saturated heterocycles. The first-order chi connectivity index (χ1) is 15.5. The summed E-state index contributed by atoms with van der Waals surface area (Å²) >= 11 is 0. The summed E-state index contributed by atoms with van der Waals surface area (Å²) in [7, 11) is -3.73. The molecule has 1 amide bonds. The number of amides is 1. The van der Waals surface area contributed by atoms with Crippen LogP contribution < -0.4 is 10.6 Å². The molecule has 0 fully saturated rings. The fourth-order valence-corrected chi connectivity index (χ4v) is 4.84. The summed E-state index contributed by atoms with van der Waals surface area (Å²) in [4.78, 5) is 16.5. The first-order valence-corrected chi connectivity index (χ1v) is 11.4. The summed E-state index contributed by atoms with van der Waals surface area (Å²) in [5, 5.41) is 5.77. The molecule has 162 valence electrons. The van der Waals surface area contributed by atoms with Gasteiger partial charge in [0, 0.05) is 22.9 Å². The highest BCUT2D eigenvalue weighted by molar-refractivity contribution is 7.95. The zero-order chi connectivity index (χ0) is 22.6. The third-order valence-corrected chi connectivity index (χ3v) is 6.94. The maximum Gasteiger partial charge on any atom is 0.247 e. The fourth-order valence-electron chi connectivity index (χ4n) is 3.40. The number of carbonyl (C=O) groups excluding carboxylic acids is 1. The van der Waals surface area contributed by atoms with Crippen LogP contribution in [0, 0.1) is 0 Å². The van der Waals surface area contributed by atoms with Crippen LogP contribution in [-0.4, -0.2) is 20.5 Å². The lowest BCUT2D eigenvalue weighted by Crippen LogP contribution is -2.14. The smallest absolute Gasteiger partial charge is 0.247 e.